The van der Waals surface area contributed by atoms with E-state index in [4.69, 9.17) is 4.74 Å². The summed E-state index contributed by atoms with van der Waals surface area (Å²) in [6.07, 6.45) is 3.65. The highest BCUT2D eigenvalue weighted by atomic mass is 16.5. The van der Waals surface area contributed by atoms with E-state index in [2.05, 4.69) is 4.98 Å². The summed E-state index contributed by atoms with van der Waals surface area (Å²) >= 11 is 0. The van der Waals surface area contributed by atoms with Crippen molar-refractivity contribution in [3.8, 4) is 5.75 Å². The highest BCUT2D eigenvalue weighted by Crippen LogP contribution is 2.19. The number of carbonyl (C=O) groups excluding carboxylic acids is 1. The van der Waals surface area contributed by atoms with E-state index in [0.717, 1.165) is 11.3 Å². The van der Waals surface area contributed by atoms with Crippen LogP contribution in [0.4, 0.5) is 0 Å². The predicted octanol–water partition coefficient (Wildman–Crippen LogP) is 2.78. The molecule has 0 fully saturated rings. The van der Waals surface area contributed by atoms with E-state index < -0.39 is 5.97 Å². The molecule has 23 heavy (non-hydrogen) atoms. The van der Waals surface area contributed by atoms with Gasteiger partial charge in [0.25, 0.3) is 0 Å². The standard InChI is InChI=1S/C19H15NO3/c1-23-15-10-7-13(8-11-15)6-9-14-12-17(19(21)22)16-4-2-3-5-18(16)20-14/h2-12H,1H3,(H,21,22)/p-1/b9-6+. The molecule has 4 heteroatoms. The molecule has 0 unspecified atom stereocenters. The van der Waals surface area contributed by atoms with Crippen molar-refractivity contribution in [2.24, 2.45) is 0 Å². The molecule has 0 aliphatic carbocycles. The van der Waals surface area contributed by atoms with Crippen molar-refractivity contribution in [2.75, 3.05) is 7.11 Å². The zero-order valence-corrected chi connectivity index (χ0v) is 12.5. The van der Waals surface area contributed by atoms with E-state index in [1.54, 1.807) is 31.4 Å². The number of methoxy groups -OCH3 is 1. The molecule has 0 atom stereocenters. The highest BCUT2D eigenvalue weighted by Gasteiger charge is 2.04. The number of fused-ring (bicyclic) bond motifs is 1. The number of para-hydroxylation sites is 1. The number of carboxylic acids is 1. The second-order valence-electron chi connectivity index (χ2n) is 5.01. The molecular weight excluding hydrogens is 290 g/mol. The van der Waals surface area contributed by atoms with E-state index in [9.17, 15) is 9.90 Å². The van der Waals surface area contributed by atoms with Gasteiger partial charge in [0, 0.05) is 10.9 Å². The number of ether oxygens (including phenoxy) is 1. The van der Waals surface area contributed by atoms with Crippen molar-refractivity contribution < 1.29 is 14.6 Å². The van der Waals surface area contributed by atoms with E-state index in [1.807, 2.05) is 36.4 Å². The Balaban J connectivity index is 1.99. The van der Waals surface area contributed by atoms with Crippen LogP contribution in [0.5, 0.6) is 5.75 Å². The molecule has 0 N–H and O–H groups in total. The Hall–Kier alpha value is -3.14. The lowest BCUT2D eigenvalue weighted by molar-refractivity contribution is -0.254. The van der Waals surface area contributed by atoms with Crippen molar-refractivity contribution in [1.82, 2.24) is 4.98 Å². The van der Waals surface area contributed by atoms with Gasteiger partial charge in [-0.1, -0.05) is 36.4 Å². The predicted molar refractivity (Wildman–Crippen MR) is 88.0 cm³/mol. The topological polar surface area (TPSA) is 62.2 Å². The van der Waals surface area contributed by atoms with Gasteiger partial charge in [0.05, 0.1) is 24.3 Å². The maximum Gasteiger partial charge on any atom is 0.118 e. The van der Waals surface area contributed by atoms with Gasteiger partial charge in [0.15, 0.2) is 0 Å². The zero-order chi connectivity index (χ0) is 16.2. The number of aromatic nitrogens is 1. The van der Waals surface area contributed by atoms with Crippen molar-refractivity contribution >= 4 is 29.0 Å². The molecule has 0 saturated heterocycles. The maximum atomic E-state index is 11.3. The minimum absolute atomic E-state index is 0.144. The minimum atomic E-state index is -1.21. The van der Waals surface area contributed by atoms with Crippen molar-refractivity contribution in [3.63, 3.8) is 0 Å². The number of carbonyl (C=O) groups is 1. The molecule has 0 aliphatic heterocycles. The summed E-state index contributed by atoms with van der Waals surface area (Å²) in [5.41, 5.74) is 2.31. The second kappa shape index (κ2) is 6.32. The molecule has 1 heterocycles. The summed E-state index contributed by atoms with van der Waals surface area (Å²) in [7, 11) is 1.62. The van der Waals surface area contributed by atoms with E-state index >= 15 is 0 Å². The largest absolute Gasteiger partial charge is 0.545 e. The molecule has 0 spiro atoms. The van der Waals surface area contributed by atoms with Gasteiger partial charge in [-0.05, 0) is 35.9 Å². The Morgan fingerprint density at radius 3 is 2.52 bits per heavy atom. The van der Waals surface area contributed by atoms with Crippen LogP contribution in [0, 0.1) is 0 Å². The monoisotopic (exact) mass is 304 g/mol. The summed E-state index contributed by atoms with van der Waals surface area (Å²) in [4.78, 5) is 15.8. The van der Waals surface area contributed by atoms with Crippen LogP contribution in [-0.2, 0) is 0 Å². The van der Waals surface area contributed by atoms with E-state index in [0.29, 0.717) is 16.6 Å². The molecule has 114 valence electrons. The number of pyridine rings is 1. The van der Waals surface area contributed by atoms with Gasteiger partial charge < -0.3 is 14.6 Å². The third-order valence-electron chi connectivity index (χ3n) is 3.52. The van der Waals surface area contributed by atoms with Crippen LogP contribution in [0.15, 0.2) is 54.6 Å². The van der Waals surface area contributed by atoms with Gasteiger partial charge in [-0.25, -0.2) is 4.98 Å². The first-order valence-corrected chi connectivity index (χ1v) is 7.10. The Morgan fingerprint density at radius 1 is 1.09 bits per heavy atom. The summed E-state index contributed by atoms with van der Waals surface area (Å²) < 4.78 is 5.11. The van der Waals surface area contributed by atoms with Gasteiger partial charge in [0.1, 0.15) is 5.75 Å². The molecule has 0 radical (unpaired) electrons. The minimum Gasteiger partial charge on any atom is -0.545 e. The first-order valence-electron chi connectivity index (χ1n) is 7.10. The van der Waals surface area contributed by atoms with Crippen LogP contribution >= 0.6 is 0 Å². The lowest BCUT2D eigenvalue weighted by atomic mass is 10.1. The van der Waals surface area contributed by atoms with Crippen LogP contribution in [0.1, 0.15) is 21.6 Å². The SMILES string of the molecule is COc1ccc(/C=C/c2cc(C(=O)[O-])c3ccccc3n2)cc1. The fraction of sp³-hybridized carbons (Fsp3) is 0.0526. The first kappa shape index (κ1) is 14.8. The van der Waals surface area contributed by atoms with Crippen molar-refractivity contribution in [2.45, 2.75) is 0 Å². The van der Waals surface area contributed by atoms with Crippen molar-refractivity contribution in [1.29, 1.82) is 0 Å². The number of hydrogen-bond acceptors (Lipinski definition) is 4. The Kier molecular flexibility index (Phi) is 4.06. The molecule has 1 aromatic heterocycles. The molecule has 0 saturated carbocycles. The fourth-order valence-corrected chi connectivity index (χ4v) is 2.35. The van der Waals surface area contributed by atoms with E-state index in [1.165, 1.54) is 6.07 Å². The summed E-state index contributed by atoms with van der Waals surface area (Å²) in [5.74, 6) is -0.423. The van der Waals surface area contributed by atoms with Gasteiger partial charge in [-0.3, -0.25) is 0 Å². The highest BCUT2D eigenvalue weighted by molar-refractivity contribution is 6.02. The number of carboxylic acid groups (broad SMARTS) is 1. The van der Waals surface area contributed by atoms with Crippen LogP contribution in [-0.4, -0.2) is 18.1 Å². The normalized spacial score (nSPS) is 11.0. The molecule has 4 nitrogen and oxygen atoms in total. The smallest absolute Gasteiger partial charge is 0.118 e. The Labute approximate surface area is 133 Å². The molecular formula is C19H14NO3-. The zero-order valence-electron chi connectivity index (χ0n) is 12.5. The average Bonchev–Trinajstić information content (AvgIpc) is 2.59. The molecule has 0 amide bonds. The molecule has 0 bridgehead atoms. The van der Waals surface area contributed by atoms with Gasteiger partial charge in [-0.15, -0.1) is 0 Å². The van der Waals surface area contributed by atoms with Crippen LogP contribution < -0.4 is 9.84 Å². The summed E-state index contributed by atoms with van der Waals surface area (Å²) in [6.45, 7) is 0. The summed E-state index contributed by atoms with van der Waals surface area (Å²) in [6, 6.07) is 16.2. The van der Waals surface area contributed by atoms with Gasteiger partial charge >= 0.3 is 0 Å². The number of hydrogen-bond donors (Lipinski definition) is 0. The number of nitrogens with zero attached hydrogens (tertiary/aromatic N) is 1. The van der Waals surface area contributed by atoms with E-state index in [-0.39, 0.29) is 5.56 Å². The number of aromatic carboxylic acids is 1. The summed E-state index contributed by atoms with van der Waals surface area (Å²) in [5, 5.41) is 11.9. The number of benzene rings is 2. The molecule has 3 rings (SSSR count). The third kappa shape index (κ3) is 3.21. The Morgan fingerprint density at radius 2 is 1.83 bits per heavy atom. The molecule has 2 aromatic carbocycles. The molecule has 0 aliphatic rings. The lowest BCUT2D eigenvalue weighted by Gasteiger charge is -2.08. The van der Waals surface area contributed by atoms with Gasteiger partial charge in [0.2, 0.25) is 0 Å². The van der Waals surface area contributed by atoms with Gasteiger partial charge in [-0.2, -0.15) is 0 Å². The average molecular weight is 304 g/mol. The van der Waals surface area contributed by atoms with Crippen LogP contribution in [0.25, 0.3) is 23.1 Å². The number of rotatable bonds is 4. The van der Waals surface area contributed by atoms with Crippen molar-refractivity contribution in [3.05, 3.63) is 71.4 Å². The van der Waals surface area contributed by atoms with Crippen LogP contribution in [0.3, 0.4) is 0 Å². The third-order valence-corrected chi connectivity index (χ3v) is 3.52. The first-order chi connectivity index (χ1) is 11.2. The fourth-order valence-electron chi connectivity index (χ4n) is 2.35. The lowest BCUT2D eigenvalue weighted by Crippen LogP contribution is -2.22. The Bertz CT molecular complexity index is 883. The maximum absolute atomic E-state index is 11.3. The van der Waals surface area contributed by atoms with Crippen LogP contribution in [0.2, 0.25) is 0 Å². The second-order valence-corrected chi connectivity index (χ2v) is 5.01. The quantitative estimate of drug-likeness (QED) is 0.743. The molecule has 3 aromatic rings.